The number of aromatic nitrogens is 2. The van der Waals surface area contributed by atoms with Crippen molar-refractivity contribution in [2.24, 2.45) is 0 Å². The molecule has 2 rings (SSSR count). The molecule has 3 nitrogen and oxygen atoms in total. The highest BCUT2D eigenvalue weighted by Crippen LogP contribution is 2.33. The molecule has 1 saturated carbocycles. The first-order valence-electron chi connectivity index (χ1n) is 4.94. The van der Waals surface area contributed by atoms with Gasteiger partial charge in [-0.15, -0.1) is 0 Å². The standard InChI is InChI=1S/C10H14ClN3/c1-10(4-2-3-5-10)14-9-8(11)12-6-7-13-9/h6-7H,2-5H2,1H3,(H,13,14). The third-order valence-corrected chi connectivity index (χ3v) is 3.06. The minimum absolute atomic E-state index is 0.152. The Kier molecular flexibility index (Phi) is 2.59. The molecule has 0 aliphatic heterocycles. The summed E-state index contributed by atoms with van der Waals surface area (Å²) in [6, 6.07) is 0. The molecule has 0 bridgehead atoms. The van der Waals surface area contributed by atoms with Crippen LogP contribution < -0.4 is 5.32 Å². The van der Waals surface area contributed by atoms with Crippen LogP contribution in [0.15, 0.2) is 12.4 Å². The van der Waals surface area contributed by atoms with Gasteiger partial charge in [0.2, 0.25) is 0 Å². The highest BCUT2D eigenvalue weighted by molar-refractivity contribution is 6.31. The second-order valence-corrected chi connectivity index (χ2v) is 4.45. The maximum absolute atomic E-state index is 5.93. The summed E-state index contributed by atoms with van der Waals surface area (Å²) in [5, 5.41) is 3.84. The molecular weight excluding hydrogens is 198 g/mol. The molecule has 0 atom stereocenters. The van der Waals surface area contributed by atoms with Crippen molar-refractivity contribution in [1.82, 2.24) is 9.97 Å². The SMILES string of the molecule is CC1(Nc2nccnc2Cl)CCCC1. The van der Waals surface area contributed by atoms with Crippen LogP contribution in [0, 0.1) is 0 Å². The molecular formula is C10H14ClN3. The van der Waals surface area contributed by atoms with Crippen molar-refractivity contribution in [3.05, 3.63) is 17.5 Å². The minimum Gasteiger partial charge on any atom is -0.362 e. The summed E-state index contributed by atoms with van der Waals surface area (Å²) >= 11 is 5.93. The number of rotatable bonds is 2. The van der Waals surface area contributed by atoms with Crippen LogP contribution in [-0.2, 0) is 0 Å². The normalized spacial score (nSPS) is 19.6. The molecule has 4 heteroatoms. The summed E-state index contributed by atoms with van der Waals surface area (Å²) in [7, 11) is 0. The minimum atomic E-state index is 0.152. The van der Waals surface area contributed by atoms with Gasteiger partial charge in [0, 0.05) is 17.9 Å². The molecule has 1 fully saturated rings. The second kappa shape index (κ2) is 3.73. The van der Waals surface area contributed by atoms with E-state index in [1.54, 1.807) is 12.4 Å². The van der Waals surface area contributed by atoms with Gasteiger partial charge in [-0.2, -0.15) is 0 Å². The maximum atomic E-state index is 5.93. The molecule has 0 aromatic carbocycles. The predicted molar refractivity (Wildman–Crippen MR) is 57.5 cm³/mol. The molecule has 0 saturated heterocycles. The highest BCUT2D eigenvalue weighted by Gasteiger charge is 2.29. The summed E-state index contributed by atoms with van der Waals surface area (Å²) in [5.41, 5.74) is 0.152. The Morgan fingerprint density at radius 1 is 1.29 bits per heavy atom. The Balaban J connectivity index is 2.14. The van der Waals surface area contributed by atoms with Crippen molar-refractivity contribution in [2.45, 2.75) is 38.1 Å². The van der Waals surface area contributed by atoms with E-state index in [9.17, 15) is 0 Å². The van der Waals surface area contributed by atoms with Crippen LogP contribution in [0.2, 0.25) is 5.15 Å². The second-order valence-electron chi connectivity index (χ2n) is 4.09. The lowest BCUT2D eigenvalue weighted by Crippen LogP contribution is -2.31. The number of nitrogens with zero attached hydrogens (tertiary/aromatic N) is 2. The molecule has 1 aromatic heterocycles. The fraction of sp³-hybridized carbons (Fsp3) is 0.600. The third kappa shape index (κ3) is 1.98. The Labute approximate surface area is 88.9 Å². The Morgan fingerprint density at radius 2 is 1.93 bits per heavy atom. The molecule has 0 spiro atoms. The van der Waals surface area contributed by atoms with Gasteiger partial charge in [0.15, 0.2) is 11.0 Å². The van der Waals surface area contributed by atoms with Crippen molar-refractivity contribution >= 4 is 17.4 Å². The first-order chi connectivity index (χ1) is 6.70. The van der Waals surface area contributed by atoms with Gasteiger partial charge in [-0.05, 0) is 19.8 Å². The van der Waals surface area contributed by atoms with Gasteiger partial charge in [0.05, 0.1) is 0 Å². The zero-order valence-electron chi connectivity index (χ0n) is 8.26. The number of hydrogen-bond donors (Lipinski definition) is 1. The topological polar surface area (TPSA) is 37.8 Å². The molecule has 1 heterocycles. The molecule has 14 heavy (non-hydrogen) atoms. The Hall–Kier alpha value is -0.830. The van der Waals surface area contributed by atoms with Crippen molar-refractivity contribution < 1.29 is 0 Å². The number of nitrogens with one attached hydrogen (secondary N) is 1. The smallest absolute Gasteiger partial charge is 0.171 e. The van der Waals surface area contributed by atoms with Crippen LogP contribution in [0.1, 0.15) is 32.6 Å². The zero-order valence-corrected chi connectivity index (χ0v) is 9.01. The van der Waals surface area contributed by atoms with E-state index in [4.69, 9.17) is 11.6 Å². The molecule has 1 N–H and O–H groups in total. The van der Waals surface area contributed by atoms with Crippen molar-refractivity contribution in [2.75, 3.05) is 5.32 Å². The maximum Gasteiger partial charge on any atom is 0.171 e. The van der Waals surface area contributed by atoms with Gasteiger partial charge >= 0.3 is 0 Å². The number of anilines is 1. The van der Waals surface area contributed by atoms with E-state index in [1.807, 2.05) is 0 Å². The lowest BCUT2D eigenvalue weighted by atomic mass is 10.0. The molecule has 1 aliphatic carbocycles. The Bertz CT molecular complexity index is 321. The lowest BCUT2D eigenvalue weighted by molar-refractivity contribution is 0.530. The van der Waals surface area contributed by atoms with E-state index in [2.05, 4.69) is 22.2 Å². The first kappa shape index (κ1) is 9.71. The third-order valence-electron chi connectivity index (χ3n) is 2.78. The van der Waals surface area contributed by atoms with Crippen LogP contribution >= 0.6 is 11.6 Å². The summed E-state index contributed by atoms with van der Waals surface area (Å²) < 4.78 is 0. The average Bonchev–Trinajstić information content (AvgIpc) is 2.57. The van der Waals surface area contributed by atoms with Gasteiger partial charge < -0.3 is 5.32 Å². The van der Waals surface area contributed by atoms with Crippen molar-refractivity contribution in [1.29, 1.82) is 0 Å². The molecule has 0 amide bonds. The van der Waals surface area contributed by atoms with Crippen molar-refractivity contribution in [3.8, 4) is 0 Å². The highest BCUT2D eigenvalue weighted by atomic mass is 35.5. The predicted octanol–water partition coefficient (Wildman–Crippen LogP) is 2.87. The van der Waals surface area contributed by atoms with E-state index in [-0.39, 0.29) is 5.54 Å². The van der Waals surface area contributed by atoms with E-state index in [0.717, 1.165) is 0 Å². The fourth-order valence-corrected chi connectivity index (χ4v) is 2.12. The van der Waals surface area contributed by atoms with Gasteiger partial charge in [0.1, 0.15) is 0 Å². The number of halogens is 1. The lowest BCUT2D eigenvalue weighted by Gasteiger charge is -2.25. The van der Waals surface area contributed by atoms with Crippen molar-refractivity contribution in [3.63, 3.8) is 0 Å². The van der Waals surface area contributed by atoms with Gasteiger partial charge in [-0.3, -0.25) is 0 Å². The fourth-order valence-electron chi connectivity index (χ4n) is 1.97. The van der Waals surface area contributed by atoms with Gasteiger partial charge in [0.25, 0.3) is 0 Å². The summed E-state index contributed by atoms with van der Waals surface area (Å²) in [4.78, 5) is 8.17. The van der Waals surface area contributed by atoms with E-state index >= 15 is 0 Å². The molecule has 0 radical (unpaired) electrons. The molecule has 0 unspecified atom stereocenters. The molecule has 1 aromatic rings. The van der Waals surface area contributed by atoms with Crippen LogP contribution in [0.3, 0.4) is 0 Å². The van der Waals surface area contributed by atoms with Crippen LogP contribution in [-0.4, -0.2) is 15.5 Å². The van der Waals surface area contributed by atoms with Crippen LogP contribution in [0.25, 0.3) is 0 Å². The Morgan fingerprint density at radius 3 is 2.57 bits per heavy atom. The average molecular weight is 212 g/mol. The number of hydrogen-bond acceptors (Lipinski definition) is 3. The quantitative estimate of drug-likeness (QED) is 0.818. The van der Waals surface area contributed by atoms with Crippen LogP contribution in [0.5, 0.6) is 0 Å². The van der Waals surface area contributed by atoms with Crippen LogP contribution in [0.4, 0.5) is 5.82 Å². The zero-order chi connectivity index (χ0) is 10.0. The molecule has 1 aliphatic rings. The largest absolute Gasteiger partial charge is 0.362 e. The van der Waals surface area contributed by atoms with E-state index in [0.29, 0.717) is 11.0 Å². The first-order valence-corrected chi connectivity index (χ1v) is 5.32. The van der Waals surface area contributed by atoms with Gasteiger partial charge in [-0.1, -0.05) is 24.4 Å². The van der Waals surface area contributed by atoms with Gasteiger partial charge in [-0.25, -0.2) is 9.97 Å². The van der Waals surface area contributed by atoms with E-state index in [1.165, 1.54) is 25.7 Å². The summed E-state index contributed by atoms with van der Waals surface area (Å²) in [6.45, 7) is 2.21. The summed E-state index contributed by atoms with van der Waals surface area (Å²) in [5.74, 6) is 0.707. The summed E-state index contributed by atoms with van der Waals surface area (Å²) in [6.07, 6.45) is 8.18. The van der Waals surface area contributed by atoms with E-state index < -0.39 is 0 Å². The molecule has 76 valence electrons. The monoisotopic (exact) mass is 211 g/mol.